The number of hydrogen-bond acceptors (Lipinski definition) is 24. The molecule has 0 aromatic heterocycles. The summed E-state index contributed by atoms with van der Waals surface area (Å²) in [6, 6.07) is -1.34. The van der Waals surface area contributed by atoms with Gasteiger partial charge in [0.25, 0.3) is 0 Å². The Morgan fingerprint density at radius 3 is 1.88 bits per heavy atom. The van der Waals surface area contributed by atoms with Crippen molar-refractivity contribution in [3.8, 4) is 0 Å². The summed E-state index contributed by atoms with van der Waals surface area (Å²) < 4.78 is 29.5. The molecular formula is C58H94N4O21. The first kappa shape index (κ1) is 70.0. The van der Waals surface area contributed by atoms with E-state index in [2.05, 4.69) is 15.6 Å². The third-order valence-corrected chi connectivity index (χ3v) is 16.0. The van der Waals surface area contributed by atoms with Crippen molar-refractivity contribution >= 4 is 11.9 Å². The number of carbonyl (C=O) groups is 2. The maximum absolute atomic E-state index is 14.3. The van der Waals surface area contributed by atoms with Crippen LogP contribution in [0.15, 0.2) is 85.1 Å². The van der Waals surface area contributed by atoms with Gasteiger partial charge in [-0.1, -0.05) is 98.9 Å². The average Bonchev–Trinajstić information content (AvgIpc) is 3.08. The zero-order chi connectivity index (χ0) is 61.2. The fourth-order valence-electron chi connectivity index (χ4n) is 10.7. The van der Waals surface area contributed by atoms with E-state index in [1.807, 2.05) is 20.0 Å². The number of hydrazine groups is 1. The van der Waals surface area contributed by atoms with Crippen LogP contribution < -0.4 is 10.7 Å². The normalized spacial score (nSPS) is 42.7. The molecule has 5 rings (SSSR count). The molecule has 0 saturated carbocycles. The number of hydrogen-bond donors (Lipinski definition) is 16. The van der Waals surface area contributed by atoms with E-state index in [-0.39, 0.29) is 31.6 Å². The topological polar surface area (TPSA) is 394 Å². The van der Waals surface area contributed by atoms with Crippen LogP contribution in [0.1, 0.15) is 79.1 Å². The molecule has 0 aromatic carbocycles. The lowest BCUT2D eigenvalue weighted by Crippen LogP contribution is -2.69. The molecule has 472 valence electrons. The van der Waals surface area contributed by atoms with Crippen molar-refractivity contribution in [2.24, 2.45) is 17.8 Å². The number of carbonyl (C=O) groups excluding carboxylic acids is 2. The van der Waals surface area contributed by atoms with Gasteiger partial charge >= 0.3 is 5.97 Å². The summed E-state index contributed by atoms with van der Waals surface area (Å²) in [5, 5.41) is 159. The Balaban J connectivity index is 1.43. The summed E-state index contributed by atoms with van der Waals surface area (Å²) in [7, 11) is 1.93. The lowest BCUT2D eigenvalue weighted by Gasteiger charge is -2.47. The molecular weight excluding hydrogens is 1090 g/mol. The van der Waals surface area contributed by atoms with E-state index in [0.717, 1.165) is 0 Å². The number of ether oxygens (including phenoxy) is 5. The first-order valence-corrected chi connectivity index (χ1v) is 28.8. The van der Waals surface area contributed by atoms with Crippen molar-refractivity contribution < 1.29 is 105 Å². The Labute approximate surface area is 485 Å². The molecule has 3 unspecified atom stereocenters. The smallest absolute Gasteiger partial charge is 0.308 e. The number of likely N-dealkylation sites (N-methyl/N-ethyl adjacent to an activating group) is 1. The molecule has 25 nitrogen and oxygen atoms in total. The fraction of sp³-hybridized carbons (Fsp3) is 0.724. The number of esters is 1. The number of amides is 1. The summed E-state index contributed by atoms with van der Waals surface area (Å²) in [6.07, 6.45) is -3.03. The molecule has 16 N–H and O–H groups in total. The van der Waals surface area contributed by atoms with Gasteiger partial charge in [0.2, 0.25) is 11.7 Å². The Morgan fingerprint density at radius 2 is 1.25 bits per heavy atom. The molecule has 5 heterocycles. The van der Waals surface area contributed by atoms with Gasteiger partial charge in [-0.25, -0.2) is 5.01 Å². The molecule has 2 bridgehead atoms. The number of aliphatic hydroxyl groups excluding tert-OH is 12. The van der Waals surface area contributed by atoms with Gasteiger partial charge in [-0.15, -0.1) is 0 Å². The molecule has 23 atom stereocenters. The molecule has 5 aliphatic rings. The summed E-state index contributed by atoms with van der Waals surface area (Å²) in [5.74, 6) is -8.41. The number of nitrogens with one attached hydrogen (secondary N) is 2. The van der Waals surface area contributed by atoms with Crippen molar-refractivity contribution in [2.75, 3.05) is 46.4 Å². The van der Waals surface area contributed by atoms with Crippen LogP contribution in [-0.4, -0.2) is 261 Å². The number of rotatable bonds is 7. The Kier molecular flexibility index (Phi) is 28.2. The van der Waals surface area contributed by atoms with Crippen LogP contribution in [0.4, 0.5) is 0 Å². The molecule has 25 heteroatoms. The standard InChI is InChI=1S/C58H94N4O21/c1-34-18-16-14-12-10-8-6-7-9-11-13-15-17-19-41(82-56-53(74)49(51(72)37(4)81-56)59-33-58(78)54(75)52(73)45(69)32-79-58)29-46-48(55(76)60-62-24-22-61(5)23-25-62)44(68)31-57(77,83-46)30-40(65)27-43(67)42(66)21-20-38(63)26-39(64)28-47(70)80-36(3)35(2)50(34)71/h6-19,34-46,48-54,56,59,63-69,71-75,77-78H,20-33H2,1-5H3,(H,60,76)/t34-,35-,36-,37+,38+,39+,40-,41-,42+,43+,44-,45+,46?,48?,49-,50+,51+,52-,53-,54-,56?,57+,58+/m0/s1. The molecule has 4 fully saturated rings. The summed E-state index contributed by atoms with van der Waals surface area (Å²) in [4.78, 5) is 29.1. The van der Waals surface area contributed by atoms with Gasteiger partial charge in [-0.3, -0.25) is 15.0 Å². The molecule has 0 radical (unpaired) electrons. The zero-order valence-corrected chi connectivity index (χ0v) is 48.1. The first-order valence-electron chi connectivity index (χ1n) is 28.8. The second-order valence-electron chi connectivity index (χ2n) is 23.0. The van der Waals surface area contributed by atoms with Crippen LogP contribution in [0.25, 0.3) is 0 Å². The Hall–Kier alpha value is -3.72. The second-order valence-corrected chi connectivity index (χ2v) is 23.0. The zero-order valence-electron chi connectivity index (χ0n) is 48.1. The van der Waals surface area contributed by atoms with Crippen molar-refractivity contribution in [3.63, 3.8) is 0 Å². The Bertz CT molecular complexity index is 2200. The van der Waals surface area contributed by atoms with Crippen LogP contribution in [-0.2, 0) is 33.3 Å². The van der Waals surface area contributed by atoms with Crippen LogP contribution in [0.2, 0.25) is 0 Å². The van der Waals surface area contributed by atoms with Gasteiger partial charge in [-0.05, 0) is 40.2 Å². The molecule has 4 saturated heterocycles. The lowest BCUT2D eigenvalue weighted by molar-refractivity contribution is -0.323. The van der Waals surface area contributed by atoms with Gasteiger partial charge in [0, 0.05) is 63.7 Å². The van der Waals surface area contributed by atoms with Crippen LogP contribution in [0.5, 0.6) is 0 Å². The first-order chi connectivity index (χ1) is 39.2. The number of allylic oxidation sites excluding steroid dienone is 12. The van der Waals surface area contributed by atoms with Gasteiger partial charge in [0.05, 0.1) is 98.7 Å². The van der Waals surface area contributed by atoms with Gasteiger partial charge < -0.3 is 105 Å². The highest BCUT2D eigenvalue weighted by atomic mass is 16.7. The highest BCUT2D eigenvalue weighted by molar-refractivity contribution is 5.79. The fourth-order valence-corrected chi connectivity index (χ4v) is 10.7. The van der Waals surface area contributed by atoms with E-state index in [0.29, 0.717) is 26.2 Å². The maximum Gasteiger partial charge on any atom is 0.308 e. The van der Waals surface area contributed by atoms with E-state index in [1.165, 1.54) is 13.0 Å². The highest BCUT2D eigenvalue weighted by Gasteiger charge is 2.53. The lowest BCUT2D eigenvalue weighted by atomic mass is 9.82. The predicted octanol–water partition coefficient (Wildman–Crippen LogP) is -2.66. The molecule has 1 amide bonds. The predicted molar refractivity (Wildman–Crippen MR) is 299 cm³/mol. The summed E-state index contributed by atoms with van der Waals surface area (Å²) >= 11 is 0. The number of cyclic esters (lactones) is 1. The monoisotopic (exact) mass is 1180 g/mol. The minimum atomic E-state index is -2.47. The average molecular weight is 1180 g/mol. The van der Waals surface area contributed by atoms with Gasteiger partial charge in [0.1, 0.15) is 30.5 Å². The summed E-state index contributed by atoms with van der Waals surface area (Å²) in [5.41, 5.74) is 2.86. The minimum absolute atomic E-state index is 0.129. The van der Waals surface area contributed by atoms with E-state index >= 15 is 0 Å². The van der Waals surface area contributed by atoms with Gasteiger partial charge in [0.15, 0.2) is 12.1 Å². The largest absolute Gasteiger partial charge is 0.462 e. The molecule has 83 heavy (non-hydrogen) atoms. The van der Waals surface area contributed by atoms with Crippen LogP contribution in [0.3, 0.4) is 0 Å². The van der Waals surface area contributed by atoms with Crippen molar-refractivity contribution in [3.05, 3.63) is 85.1 Å². The SMILES string of the molecule is C[C@@H]1[C@H](O)[C@@H](C)C=CC=CC=CC=CC=CC=CC=C[C@H](OC2O[C@H](C)[C@@H](O)[C@H](NC[C@@]3(O)OC[C@@H](O)[C@H](O)[C@@H]3O)[C@@H]2O)CC2O[C@](O)(C[C@@H](O)C[C@@H](O)[C@H](O)CC[C@@H](O)C[C@@H](O)CC(=O)O[C@H]1C)C[C@H](O)C2C(=O)NN1CCN(C)CC1. The Morgan fingerprint density at radius 1 is 0.651 bits per heavy atom. The van der Waals surface area contributed by atoms with E-state index in [9.17, 15) is 81.1 Å². The minimum Gasteiger partial charge on any atom is -0.462 e. The molecule has 5 aliphatic heterocycles. The van der Waals surface area contributed by atoms with E-state index in [4.69, 9.17) is 23.7 Å². The van der Waals surface area contributed by atoms with Crippen molar-refractivity contribution in [2.45, 2.75) is 201 Å². The number of fused-ring (bicyclic) bond motifs is 2. The molecule has 0 aromatic rings. The van der Waals surface area contributed by atoms with Crippen molar-refractivity contribution in [1.29, 1.82) is 0 Å². The summed E-state index contributed by atoms with van der Waals surface area (Å²) in [6.45, 7) is 7.62. The van der Waals surface area contributed by atoms with Crippen LogP contribution in [0, 0.1) is 17.8 Å². The molecule has 0 spiro atoms. The second kappa shape index (κ2) is 33.4. The van der Waals surface area contributed by atoms with Crippen molar-refractivity contribution in [1.82, 2.24) is 20.7 Å². The quantitative estimate of drug-likeness (QED) is 0.116. The number of aliphatic hydroxyl groups is 14. The number of nitrogens with zero attached hydrogens (tertiary/aromatic N) is 2. The van der Waals surface area contributed by atoms with Crippen LogP contribution >= 0.6 is 0 Å². The highest BCUT2D eigenvalue weighted by Crippen LogP contribution is 2.39. The third kappa shape index (κ3) is 21.6. The van der Waals surface area contributed by atoms with E-state index < -0.39 is 184 Å². The molecule has 0 aliphatic carbocycles. The third-order valence-electron chi connectivity index (χ3n) is 16.0. The van der Waals surface area contributed by atoms with E-state index in [1.54, 1.807) is 91.8 Å². The van der Waals surface area contributed by atoms with Gasteiger partial charge in [-0.2, -0.15) is 0 Å². The maximum atomic E-state index is 14.3. The number of piperazine rings is 1.